The molecule has 1 aromatic rings. The molecule has 0 saturated carbocycles. The predicted octanol–water partition coefficient (Wildman–Crippen LogP) is 2.85. The quantitative estimate of drug-likeness (QED) is 0.782. The lowest BCUT2D eigenvalue weighted by atomic mass is 10.0. The van der Waals surface area contributed by atoms with Crippen LogP contribution in [0.2, 0.25) is 5.02 Å². The minimum atomic E-state index is -4.52. The van der Waals surface area contributed by atoms with Crippen LogP contribution in [0.25, 0.3) is 0 Å². The average Bonchev–Trinajstić information content (AvgIpc) is 2.34. The van der Waals surface area contributed by atoms with E-state index >= 15 is 0 Å². The predicted molar refractivity (Wildman–Crippen MR) is 67.8 cm³/mol. The zero-order chi connectivity index (χ0) is 15.5. The van der Waals surface area contributed by atoms with Gasteiger partial charge >= 0.3 is 12.1 Å². The van der Waals surface area contributed by atoms with Crippen molar-refractivity contribution in [2.75, 3.05) is 11.9 Å². The number of nitrogens with one attached hydrogen (secondary N) is 1. The molecular weight excluding hydrogens is 299 g/mol. The van der Waals surface area contributed by atoms with Crippen molar-refractivity contribution < 1.29 is 28.2 Å². The molecule has 1 aromatic carbocycles. The average molecular weight is 312 g/mol. The van der Waals surface area contributed by atoms with Crippen LogP contribution >= 0.6 is 11.6 Å². The van der Waals surface area contributed by atoms with Crippen LogP contribution < -0.4 is 5.32 Å². The molecule has 0 aliphatic rings. The van der Waals surface area contributed by atoms with Crippen LogP contribution in [0.15, 0.2) is 18.2 Å². The number of aliphatic hydroxyl groups excluding tert-OH is 1. The summed E-state index contributed by atoms with van der Waals surface area (Å²) < 4.78 is 37.4. The molecule has 8 heteroatoms. The van der Waals surface area contributed by atoms with Crippen LogP contribution in [0.5, 0.6) is 0 Å². The lowest BCUT2D eigenvalue weighted by Crippen LogP contribution is -2.37. The highest BCUT2D eigenvalue weighted by molar-refractivity contribution is 6.33. The maximum absolute atomic E-state index is 12.5. The first kappa shape index (κ1) is 16.6. The van der Waals surface area contributed by atoms with E-state index in [0.717, 1.165) is 12.1 Å². The fraction of sp³-hybridized carbons (Fsp3) is 0.417. The van der Waals surface area contributed by atoms with Crippen LogP contribution in [0.3, 0.4) is 0 Å². The van der Waals surface area contributed by atoms with Gasteiger partial charge in [-0.1, -0.05) is 18.5 Å². The van der Waals surface area contributed by atoms with Gasteiger partial charge in [0, 0.05) is 12.5 Å². The Balaban J connectivity index is 3.00. The highest BCUT2D eigenvalue weighted by Gasteiger charge is 2.31. The highest BCUT2D eigenvalue weighted by atomic mass is 35.5. The van der Waals surface area contributed by atoms with Crippen molar-refractivity contribution in [3.63, 3.8) is 0 Å². The van der Waals surface area contributed by atoms with E-state index in [1.165, 1.54) is 6.92 Å². The van der Waals surface area contributed by atoms with E-state index in [4.69, 9.17) is 21.8 Å². The molecule has 2 atom stereocenters. The van der Waals surface area contributed by atoms with Gasteiger partial charge in [0.05, 0.1) is 16.3 Å². The van der Waals surface area contributed by atoms with Gasteiger partial charge in [-0.15, -0.1) is 0 Å². The molecule has 0 radical (unpaired) electrons. The van der Waals surface area contributed by atoms with E-state index in [1.807, 2.05) is 0 Å². The van der Waals surface area contributed by atoms with Gasteiger partial charge in [-0.2, -0.15) is 13.2 Å². The molecule has 0 aliphatic carbocycles. The van der Waals surface area contributed by atoms with Gasteiger partial charge in [0.2, 0.25) is 0 Å². The molecule has 0 saturated heterocycles. The number of aliphatic carboxylic acids is 1. The Morgan fingerprint density at radius 3 is 2.45 bits per heavy atom. The molecule has 0 aliphatic heterocycles. The highest BCUT2D eigenvalue weighted by Crippen LogP contribution is 2.34. The summed E-state index contributed by atoms with van der Waals surface area (Å²) in [7, 11) is 0. The van der Waals surface area contributed by atoms with Gasteiger partial charge in [0.15, 0.2) is 0 Å². The van der Waals surface area contributed by atoms with Crippen molar-refractivity contribution in [1.82, 2.24) is 0 Å². The number of carboxylic acid groups (broad SMARTS) is 1. The molecule has 0 aromatic heterocycles. The molecule has 112 valence electrons. The molecular formula is C12H13ClF3NO3. The minimum Gasteiger partial charge on any atom is -0.480 e. The first-order chi connectivity index (χ1) is 9.16. The standard InChI is InChI=1S/C12H13ClF3NO3/c1-6(5-18)10(11(19)20)17-9-3-2-7(4-8(9)13)12(14,15)16/h2-4,6,10,17-18H,5H2,1H3,(H,19,20). The number of alkyl halides is 3. The third-order valence-corrected chi connectivity index (χ3v) is 3.04. The summed E-state index contributed by atoms with van der Waals surface area (Å²) in [6, 6.07) is 1.42. The molecule has 1 rings (SSSR count). The van der Waals surface area contributed by atoms with E-state index in [2.05, 4.69) is 5.32 Å². The summed E-state index contributed by atoms with van der Waals surface area (Å²) >= 11 is 5.71. The zero-order valence-corrected chi connectivity index (χ0v) is 11.2. The third kappa shape index (κ3) is 4.01. The summed E-state index contributed by atoms with van der Waals surface area (Å²) in [5.74, 6) is -1.87. The molecule has 2 unspecified atom stereocenters. The van der Waals surface area contributed by atoms with Gasteiger partial charge in [-0.3, -0.25) is 0 Å². The summed E-state index contributed by atoms with van der Waals surface area (Å²) in [4.78, 5) is 11.0. The van der Waals surface area contributed by atoms with Crippen LogP contribution in [0.1, 0.15) is 12.5 Å². The second kappa shape index (κ2) is 6.32. The van der Waals surface area contributed by atoms with Crippen molar-refractivity contribution in [3.8, 4) is 0 Å². The van der Waals surface area contributed by atoms with Crippen molar-refractivity contribution in [2.24, 2.45) is 5.92 Å². The Morgan fingerprint density at radius 2 is 2.05 bits per heavy atom. The Labute approximate surface area is 118 Å². The first-order valence-electron chi connectivity index (χ1n) is 5.63. The maximum atomic E-state index is 12.5. The van der Waals surface area contributed by atoms with Crippen LogP contribution in [-0.4, -0.2) is 28.8 Å². The Hall–Kier alpha value is -1.47. The second-order valence-electron chi connectivity index (χ2n) is 4.31. The molecule has 3 N–H and O–H groups in total. The first-order valence-corrected chi connectivity index (χ1v) is 6.01. The normalized spacial score (nSPS) is 14.7. The van der Waals surface area contributed by atoms with Crippen molar-refractivity contribution in [3.05, 3.63) is 28.8 Å². The number of carboxylic acids is 1. The number of halogens is 4. The largest absolute Gasteiger partial charge is 0.480 e. The van der Waals surface area contributed by atoms with Crippen LogP contribution in [0, 0.1) is 5.92 Å². The van der Waals surface area contributed by atoms with E-state index in [9.17, 15) is 18.0 Å². The summed E-state index contributed by atoms with van der Waals surface area (Å²) in [5.41, 5.74) is -0.859. The fourth-order valence-corrected chi connectivity index (χ4v) is 1.76. The van der Waals surface area contributed by atoms with Gasteiger partial charge in [0.1, 0.15) is 6.04 Å². The van der Waals surface area contributed by atoms with Gasteiger partial charge in [-0.25, -0.2) is 4.79 Å². The SMILES string of the molecule is CC(CO)C(Nc1ccc(C(F)(F)F)cc1Cl)C(=O)O. The zero-order valence-electron chi connectivity index (χ0n) is 10.4. The van der Waals surface area contributed by atoms with Crippen molar-refractivity contribution in [2.45, 2.75) is 19.1 Å². The fourth-order valence-electron chi connectivity index (χ4n) is 1.53. The topological polar surface area (TPSA) is 69.6 Å². The van der Waals surface area contributed by atoms with E-state index < -0.39 is 29.7 Å². The molecule has 0 spiro atoms. The monoisotopic (exact) mass is 311 g/mol. The number of benzene rings is 1. The molecule has 0 amide bonds. The van der Waals surface area contributed by atoms with Crippen LogP contribution in [0.4, 0.5) is 18.9 Å². The molecule has 0 heterocycles. The second-order valence-corrected chi connectivity index (χ2v) is 4.72. The number of hydrogen-bond acceptors (Lipinski definition) is 3. The summed E-state index contributed by atoms with van der Waals surface area (Å²) in [6.45, 7) is 1.10. The molecule has 0 bridgehead atoms. The van der Waals surface area contributed by atoms with Crippen molar-refractivity contribution in [1.29, 1.82) is 0 Å². The van der Waals surface area contributed by atoms with E-state index in [0.29, 0.717) is 6.07 Å². The molecule has 20 heavy (non-hydrogen) atoms. The number of hydrogen-bond donors (Lipinski definition) is 3. The van der Waals surface area contributed by atoms with Gasteiger partial charge < -0.3 is 15.5 Å². The number of aliphatic hydroxyl groups is 1. The maximum Gasteiger partial charge on any atom is 0.416 e. The molecule has 0 fully saturated rings. The van der Waals surface area contributed by atoms with Crippen molar-refractivity contribution >= 4 is 23.3 Å². The van der Waals surface area contributed by atoms with Gasteiger partial charge in [-0.05, 0) is 18.2 Å². The molecule has 4 nitrogen and oxygen atoms in total. The summed E-state index contributed by atoms with van der Waals surface area (Å²) in [5, 5.41) is 20.3. The number of carbonyl (C=O) groups is 1. The Bertz CT molecular complexity index is 493. The number of anilines is 1. The Morgan fingerprint density at radius 1 is 1.45 bits per heavy atom. The summed E-state index contributed by atoms with van der Waals surface area (Å²) in [6.07, 6.45) is -4.52. The smallest absolute Gasteiger partial charge is 0.416 e. The lowest BCUT2D eigenvalue weighted by Gasteiger charge is -2.21. The lowest BCUT2D eigenvalue weighted by molar-refractivity contribution is -0.139. The Kier molecular flexibility index (Phi) is 5.24. The van der Waals surface area contributed by atoms with Crippen LogP contribution in [-0.2, 0) is 11.0 Å². The van der Waals surface area contributed by atoms with E-state index in [1.54, 1.807) is 0 Å². The minimum absolute atomic E-state index is 0.0624. The van der Waals surface area contributed by atoms with Gasteiger partial charge in [0.25, 0.3) is 0 Å². The number of rotatable bonds is 5. The van der Waals surface area contributed by atoms with E-state index in [-0.39, 0.29) is 17.3 Å². The third-order valence-electron chi connectivity index (χ3n) is 2.73.